The van der Waals surface area contributed by atoms with Crippen molar-refractivity contribution in [2.75, 3.05) is 39.8 Å². The Balaban J connectivity index is 1.55. The van der Waals surface area contributed by atoms with Crippen LogP contribution in [0.3, 0.4) is 0 Å². The Bertz CT molecular complexity index is 507. The average molecular weight is 330 g/mol. The highest BCUT2D eigenvalue weighted by Gasteiger charge is 2.23. The monoisotopic (exact) mass is 330 g/mol. The molecule has 5 heteroatoms. The van der Waals surface area contributed by atoms with Gasteiger partial charge >= 0.3 is 0 Å². The van der Waals surface area contributed by atoms with E-state index in [1.54, 1.807) is 0 Å². The smallest absolute Gasteiger partial charge is 0.191 e. The minimum absolute atomic E-state index is 0.326. The molecule has 0 aromatic heterocycles. The number of ether oxygens (including phenoxy) is 1. The van der Waals surface area contributed by atoms with Gasteiger partial charge in [0.05, 0.1) is 12.1 Å². The van der Waals surface area contributed by atoms with Crippen molar-refractivity contribution in [3.05, 3.63) is 35.9 Å². The summed E-state index contributed by atoms with van der Waals surface area (Å²) in [5.41, 5.74) is 1.38. The fourth-order valence-corrected chi connectivity index (χ4v) is 3.62. The number of nitrogens with zero attached hydrogens (tertiary/aromatic N) is 2. The molecule has 0 radical (unpaired) electrons. The van der Waals surface area contributed by atoms with Crippen LogP contribution in [0.4, 0.5) is 0 Å². The maximum absolute atomic E-state index is 5.67. The molecule has 2 aliphatic rings. The second-order valence-corrected chi connectivity index (χ2v) is 6.64. The van der Waals surface area contributed by atoms with Gasteiger partial charge in [0, 0.05) is 26.7 Å². The van der Waals surface area contributed by atoms with Gasteiger partial charge in [-0.25, -0.2) is 0 Å². The number of benzene rings is 1. The molecule has 24 heavy (non-hydrogen) atoms. The van der Waals surface area contributed by atoms with Crippen LogP contribution in [0.15, 0.2) is 35.3 Å². The first kappa shape index (κ1) is 17.2. The summed E-state index contributed by atoms with van der Waals surface area (Å²) in [6.45, 7) is 4.96. The minimum atomic E-state index is 0.326. The normalized spacial score (nSPS) is 23.4. The van der Waals surface area contributed by atoms with E-state index in [9.17, 15) is 0 Å². The van der Waals surface area contributed by atoms with Gasteiger partial charge in [-0.1, -0.05) is 30.3 Å². The Hall–Kier alpha value is -1.59. The zero-order chi connectivity index (χ0) is 16.6. The predicted octanol–water partition coefficient (Wildman–Crippen LogP) is 2.17. The molecule has 2 N–H and O–H groups in total. The highest BCUT2D eigenvalue weighted by molar-refractivity contribution is 5.79. The molecule has 2 heterocycles. The SMILES string of the molecule is CN=C(NCC1CCCO1)NCC(c1ccccc1)N1CCCC1. The summed E-state index contributed by atoms with van der Waals surface area (Å²) in [4.78, 5) is 6.94. The molecule has 132 valence electrons. The molecule has 1 aromatic carbocycles. The van der Waals surface area contributed by atoms with Crippen LogP contribution < -0.4 is 10.6 Å². The van der Waals surface area contributed by atoms with Crippen molar-refractivity contribution in [3.8, 4) is 0 Å². The second kappa shape index (κ2) is 9.04. The van der Waals surface area contributed by atoms with Gasteiger partial charge in [0.25, 0.3) is 0 Å². The van der Waals surface area contributed by atoms with E-state index >= 15 is 0 Å². The summed E-state index contributed by atoms with van der Waals surface area (Å²) in [6.07, 6.45) is 5.24. The topological polar surface area (TPSA) is 48.9 Å². The number of likely N-dealkylation sites (tertiary alicyclic amines) is 1. The van der Waals surface area contributed by atoms with Gasteiger partial charge in [-0.3, -0.25) is 9.89 Å². The minimum Gasteiger partial charge on any atom is -0.376 e. The molecular weight excluding hydrogens is 300 g/mol. The van der Waals surface area contributed by atoms with Gasteiger partial charge in [0.15, 0.2) is 5.96 Å². The van der Waals surface area contributed by atoms with Crippen molar-refractivity contribution in [2.24, 2.45) is 4.99 Å². The van der Waals surface area contributed by atoms with Crippen molar-refractivity contribution in [1.29, 1.82) is 0 Å². The highest BCUT2D eigenvalue weighted by atomic mass is 16.5. The maximum Gasteiger partial charge on any atom is 0.191 e. The molecule has 0 amide bonds. The molecule has 0 bridgehead atoms. The molecule has 0 spiro atoms. The maximum atomic E-state index is 5.67. The van der Waals surface area contributed by atoms with Gasteiger partial charge < -0.3 is 15.4 Å². The number of hydrogen-bond donors (Lipinski definition) is 2. The standard InChI is InChI=1S/C19H30N4O/c1-20-19(21-14-17-10-7-13-24-17)22-15-18(23-11-5-6-12-23)16-8-3-2-4-9-16/h2-4,8-9,17-18H,5-7,10-15H2,1H3,(H2,20,21,22). The van der Waals surface area contributed by atoms with E-state index in [0.717, 1.165) is 32.1 Å². The molecule has 2 atom stereocenters. The average Bonchev–Trinajstić information content (AvgIpc) is 3.32. The third-order valence-electron chi connectivity index (χ3n) is 4.97. The molecule has 5 nitrogen and oxygen atoms in total. The number of nitrogens with one attached hydrogen (secondary N) is 2. The van der Waals surface area contributed by atoms with Crippen LogP contribution in [0, 0.1) is 0 Å². The predicted molar refractivity (Wildman–Crippen MR) is 98.3 cm³/mol. The second-order valence-electron chi connectivity index (χ2n) is 6.64. The van der Waals surface area contributed by atoms with Gasteiger partial charge in [-0.2, -0.15) is 0 Å². The van der Waals surface area contributed by atoms with Crippen LogP contribution in [0.2, 0.25) is 0 Å². The Kier molecular flexibility index (Phi) is 6.49. The first-order valence-electron chi connectivity index (χ1n) is 9.22. The molecular formula is C19H30N4O. The summed E-state index contributed by atoms with van der Waals surface area (Å²) in [6, 6.07) is 11.2. The molecule has 2 unspecified atom stereocenters. The highest BCUT2D eigenvalue weighted by Crippen LogP contribution is 2.24. The van der Waals surface area contributed by atoms with Crippen molar-refractivity contribution < 1.29 is 4.74 Å². The quantitative estimate of drug-likeness (QED) is 0.620. The van der Waals surface area contributed by atoms with Gasteiger partial charge in [0.1, 0.15) is 0 Å². The van der Waals surface area contributed by atoms with Crippen molar-refractivity contribution >= 4 is 5.96 Å². The first-order valence-corrected chi connectivity index (χ1v) is 9.22. The molecule has 2 saturated heterocycles. The summed E-state index contributed by atoms with van der Waals surface area (Å²) in [5, 5.41) is 6.91. The summed E-state index contributed by atoms with van der Waals surface area (Å²) >= 11 is 0. The van der Waals surface area contributed by atoms with Crippen LogP contribution in [0.5, 0.6) is 0 Å². The van der Waals surface area contributed by atoms with E-state index in [1.165, 1.54) is 37.9 Å². The first-order chi connectivity index (χ1) is 11.9. The lowest BCUT2D eigenvalue weighted by Gasteiger charge is -2.29. The molecule has 2 aliphatic heterocycles. The molecule has 3 rings (SSSR count). The van der Waals surface area contributed by atoms with Crippen LogP contribution >= 0.6 is 0 Å². The van der Waals surface area contributed by atoms with Gasteiger partial charge in [0.2, 0.25) is 0 Å². The molecule has 0 saturated carbocycles. The third-order valence-corrected chi connectivity index (χ3v) is 4.97. The largest absolute Gasteiger partial charge is 0.376 e. The van der Waals surface area contributed by atoms with Gasteiger partial charge in [-0.15, -0.1) is 0 Å². The van der Waals surface area contributed by atoms with Crippen molar-refractivity contribution in [2.45, 2.75) is 37.8 Å². The van der Waals surface area contributed by atoms with Crippen molar-refractivity contribution in [1.82, 2.24) is 15.5 Å². The van der Waals surface area contributed by atoms with E-state index in [1.807, 2.05) is 7.05 Å². The molecule has 0 aliphatic carbocycles. The molecule has 1 aromatic rings. The number of aliphatic imine (C=N–C) groups is 1. The van der Waals surface area contributed by atoms with Crippen molar-refractivity contribution in [3.63, 3.8) is 0 Å². The lowest BCUT2D eigenvalue weighted by Crippen LogP contribution is -2.44. The Morgan fingerprint density at radius 1 is 1.21 bits per heavy atom. The van der Waals surface area contributed by atoms with Crippen LogP contribution in [-0.4, -0.2) is 56.8 Å². The van der Waals surface area contributed by atoms with Crippen LogP contribution in [0.1, 0.15) is 37.3 Å². The Morgan fingerprint density at radius 2 is 2.00 bits per heavy atom. The van der Waals surface area contributed by atoms with E-state index < -0.39 is 0 Å². The van der Waals surface area contributed by atoms with Crippen LogP contribution in [-0.2, 0) is 4.74 Å². The van der Waals surface area contributed by atoms with E-state index in [-0.39, 0.29) is 0 Å². The summed E-state index contributed by atoms with van der Waals surface area (Å²) in [5.74, 6) is 0.866. The Labute approximate surface area is 145 Å². The third kappa shape index (κ3) is 4.71. The van der Waals surface area contributed by atoms with E-state index in [2.05, 4.69) is 50.9 Å². The zero-order valence-electron chi connectivity index (χ0n) is 14.7. The fourth-order valence-electron chi connectivity index (χ4n) is 3.62. The summed E-state index contributed by atoms with van der Waals surface area (Å²) in [7, 11) is 1.83. The van der Waals surface area contributed by atoms with Crippen LogP contribution in [0.25, 0.3) is 0 Å². The lowest BCUT2D eigenvalue weighted by molar-refractivity contribution is 0.113. The summed E-state index contributed by atoms with van der Waals surface area (Å²) < 4.78 is 5.67. The number of rotatable bonds is 6. The number of hydrogen-bond acceptors (Lipinski definition) is 3. The fraction of sp³-hybridized carbons (Fsp3) is 0.632. The molecule has 2 fully saturated rings. The lowest BCUT2D eigenvalue weighted by atomic mass is 10.1. The van der Waals surface area contributed by atoms with E-state index in [0.29, 0.717) is 12.1 Å². The Morgan fingerprint density at radius 3 is 2.67 bits per heavy atom. The van der Waals surface area contributed by atoms with E-state index in [4.69, 9.17) is 4.74 Å². The number of guanidine groups is 1. The van der Waals surface area contributed by atoms with Gasteiger partial charge in [-0.05, 0) is 44.3 Å². The zero-order valence-corrected chi connectivity index (χ0v) is 14.7.